The van der Waals surface area contributed by atoms with Crippen LogP contribution in [0.15, 0.2) is 12.4 Å². The highest BCUT2D eigenvalue weighted by atomic mass is 16.5. The molecular weight excluding hydrogens is 228 g/mol. The van der Waals surface area contributed by atoms with Crippen LogP contribution in [0.5, 0.6) is 0 Å². The van der Waals surface area contributed by atoms with Crippen molar-refractivity contribution in [3.63, 3.8) is 0 Å². The average molecular weight is 250 g/mol. The quantitative estimate of drug-likeness (QED) is 0.811. The van der Waals surface area contributed by atoms with Crippen molar-refractivity contribution in [2.24, 2.45) is 0 Å². The van der Waals surface area contributed by atoms with Gasteiger partial charge in [0.1, 0.15) is 18.0 Å². The Kier molecular flexibility index (Phi) is 4.75. The van der Waals surface area contributed by atoms with Crippen LogP contribution in [-0.2, 0) is 4.74 Å². The van der Waals surface area contributed by atoms with Gasteiger partial charge in [-0.05, 0) is 26.2 Å². The summed E-state index contributed by atoms with van der Waals surface area (Å²) in [5.41, 5.74) is 0. The summed E-state index contributed by atoms with van der Waals surface area (Å²) in [4.78, 5) is 8.43. The Morgan fingerprint density at radius 1 is 1.44 bits per heavy atom. The maximum Gasteiger partial charge on any atom is 0.131 e. The van der Waals surface area contributed by atoms with E-state index in [-0.39, 0.29) is 6.04 Å². The predicted octanol–water partition coefficient (Wildman–Crippen LogP) is 2.28. The molecule has 100 valence electrons. The van der Waals surface area contributed by atoms with Gasteiger partial charge in [0.05, 0.1) is 12.1 Å². The number of hydrogen-bond donors (Lipinski definition) is 2. The molecule has 0 aromatic carbocycles. The van der Waals surface area contributed by atoms with Crippen molar-refractivity contribution in [3.8, 4) is 0 Å². The Morgan fingerprint density at radius 2 is 2.28 bits per heavy atom. The van der Waals surface area contributed by atoms with Gasteiger partial charge in [-0.1, -0.05) is 6.92 Å². The van der Waals surface area contributed by atoms with E-state index < -0.39 is 0 Å². The minimum Gasteiger partial charge on any atom is -0.376 e. The molecular formula is C13H22N4O. The van der Waals surface area contributed by atoms with E-state index in [4.69, 9.17) is 4.74 Å². The minimum atomic E-state index is 0.279. The summed E-state index contributed by atoms with van der Waals surface area (Å²) in [6.07, 6.45) is 5.25. The number of nitrogens with one attached hydrogen (secondary N) is 2. The van der Waals surface area contributed by atoms with Gasteiger partial charge in [0.15, 0.2) is 0 Å². The van der Waals surface area contributed by atoms with Crippen molar-refractivity contribution in [1.29, 1.82) is 0 Å². The van der Waals surface area contributed by atoms with Crippen LogP contribution in [0, 0.1) is 0 Å². The second-order valence-corrected chi connectivity index (χ2v) is 4.70. The highest BCUT2D eigenvalue weighted by Crippen LogP contribution is 2.18. The van der Waals surface area contributed by atoms with Crippen LogP contribution < -0.4 is 10.6 Å². The third-order valence-corrected chi connectivity index (χ3v) is 3.12. The molecule has 0 spiro atoms. The van der Waals surface area contributed by atoms with E-state index in [1.807, 2.05) is 6.07 Å². The van der Waals surface area contributed by atoms with E-state index in [2.05, 4.69) is 34.4 Å². The molecule has 0 saturated carbocycles. The van der Waals surface area contributed by atoms with Crippen molar-refractivity contribution in [2.75, 3.05) is 23.8 Å². The van der Waals surface area contributed by atoms with Gasteiger partial charge in [-0.3, -0.25) is 0 Å². The van der Waals surface area contributed by atoms with Crippen LogP contribution in [-0.4, -0.2) is 35.3 Å². The van der Waals surface area contributed by atoms with E-state index in [1.165, 1.54) is 0 Å². The van der Waals surface area contributed by atoms with E-state index in [9.17, 15) is 0 Å². The fourth-order valence-electron chi connectivity index (χ4n) is 2.11. The lowest BCUT2D eigenvalue weighted by Gasteiger charge is -2.20. The summed E-state index contributed by atoms with van der Waals surface area (Å²) in [6.45, 7) is 6.08. The number of nitrogens with zero attached hydrogens (tertiary/aromatic N) is 2. The Bertz CT molecular complexity index is 366. The molecule has 5 heteroatoms. The standard InChI is InChI=1S/C13H22N4O/c1-3-6-14-12-8-13(16-9-15-12)17-10(2)11-5-4-7-18-11/h8-11H,3-7H2,1-2H3,(H2,14,15,16,17). The fourth-order valence-corrected chi connectivity index (χ4v) is 2.11. The van der Waals surface area contributed by atoms with E-state index in [0.717, 1.165) is 44.0 Å². The second kappa shape index (κ2) is 6.54. The average Bonchev–Trinajstić information content (AvgIpc) is 2.91. The van der Waals surface area contributed by atoms with Crippen LogP contribution >= 0.6 is 0 Å². The molecule has 2 atom stereocenters. The molecule has 1 aromatic rings. The molecule has 1 aliphatic rings. The summed E-state index contributed by atoms with van der Waals surface area (Å²) < 4.78 is 5.66. The summed E-state index contributed by atoms with van der Waals surface area (Å²) in [5.74, 6) is 1.72. The molecule has 1 aliphatic heterocycles. The smallest absolute Gasteiger partial charge is 0.131 e. The first kappa shape index (κ1) is 13.1. The number of anilines is 2. The van der Waals surface area contributed by atoms with E-state index in [1.54, 1.807) is 6.33 Å². The van der Waals surface area contributed by atoms with E-state index in [0.29, 0.717) is 6.10 Å². The molecule has 1 fully saturated rings. The first-order valence-electron chi connectivity index (χ1n) is 6.73. The van der Waals surface area contributed by atoms with Gasteiger partial charge in [-0.15, -0.1) is 0 Å². The lowest BCUT2D eigenvalue weighted by atomic mass is 10.1. The van der Waals surface area contributed by atoms with Crippen molar-refractivity contribution in [1.82, 2.24) is 9.97 Å². The lowest BCUT2D eigenvalue weighted by molar-refractivity contribution is 0.0995. The molecule has 0 bridgehead atoms. The Morgan fingerprint density at radius 3 is 3.00 bits per heavy atom. The van der Waals surface area contributed by atoms with E-state index >= 15 is 0 Å². The van der Waals surface area contributed by atoms with Gasteiger partial charge in [0, 0.05) is 19.2 Å². The highest BCUT2D eigenvalue weighted by Gasteiger charge is 2.22. The lowest BCUT2D eigenvalue weighted by Crippen LogP contribution is -2.30. The second-order valence-electron chi connectivity index (χ2n) is 4.70. The van der Waals surface area contributed by atoms with Crippen molar-refractivity contribution in [3.05, 3.63) is 12.4 Å². The zero-order valence-electron chi connectivity index (χ0n) is 11.1. The SMILES string of the molecule is CCCNc1cc(NC(C)C2CCCO2)ncn1. The van der Waals surface area contributed by atoms with Gasteiger partial charge >= 0.3 is 0 Å². The van der Waals surface area contributed by atoms with Crippen LogP contribution in [0.25, 0.3) is 0 Å². The molecule has 2 unspecified atom stereocenters. The number of ether oxygens (including phenoxy) is 1. The third-order valence-electron chi connectivity index (χ3n) is 3.12. The van der Waals surface area contributed by atoms with Gasteiger partial charge < -0.3 is 15.4 Å². The maximum absolute atomic E-state index is 5.66. The normalized spacial score (nSPS) is 20.7. The molecule has 18 heavy (non-hydrogen) atoms. The number of aromatic nitrogens is 2. The van der Waals surface area contributed by atoms with Crippen molar-refractivity contribution >= 4 is 11.6 Å². The molecule has 2 N–H and O–H groups in total. The van der Waals surface area contributed by atoms with Crippen LogP contribution in [0.3, 0.4) is 0 Å². The van der Waals surface area contributed by atoms with Crippen LogP contribution in [0.1, 0.15) is 33.1 Å². The van der Waals surface area contributed by atoms with Gasteiger partial charge in [-0.25, -0.2) is 9.97 Å². The maximum atomic E-state index is 5.66. The van der Waals surface area contributed by atoms with Crippen LogP contribution in [0.4, 0.5) is 11.6 Å². The molecule has 2 rings (SSSR count). The third kappa shape index (κ3) is 3.57. The summed E-state index contributed by atoms with van der Waals surface area (Å²) in [6, 6.07) is 2.22. The fraction of sp³-hybridized carbons (Fsp3) is 0.692. The first-order valence-corrected chi connectivity index (χ1v) is 6.73. The molecule has 2 heterocycles. The molecule has 5 nitrogen and oxygen atoms in total. The molecule has 1 aromatic heterocycles. The summed E-state index contributed by atoms with van der Waals surface area (Å²) in [7, 11) is 0. The van der Waals surface area contributed by atoms with Gasteiger partial charge in [0.2, 0.25) is 0 Å². The monoisotopic (exact) mass is 250 g/mol. The summed E-state index contributed by atoms with van der Waals surface area (Å²) >= 11 is 0. The summed E-state index contributed by atoms with van der Waals surface area (Å²) in [5, 5.41) is 6.64. The zero-order valence-corrected chi connectivity index (χ0v) is 11.1. The van der Waals surface area contributed by atoms with Crippen molar-refractivity contribution < 1.29 is 4.74 Å². The number of hydrogen-bond acceptors (Lipinski definition) is 5. The Balaban J connectivity index is 1.91. The minimum absolute atomic E-state index is 0.279. The molecule has 0 radical (unpaired) electrons. The predicted molar refractivity (Wildman–Crippen MR) is 72.9 cm³/mol. The molecule has 1 saturated heterocycles. The first-order chi connectivity index (χ1) is 8.79. The Labute approximate surface area is 108 Å². The zero-order chi connectivity index (χ0) is 12.8. The highest BCUT2D eigenvalue weighted by molar-refractivity contribution is 5.46. The number of rotatable bonds is 6. The molecule has 0 aliphatic carbocycles. The van der Waals surface area contributed by atoms with Gasteiger partial charge in [0.25, 0.3) is 0 Å². The van der Waals surface area contributed by atoms with Crippen LogP contribution in [0.2, 0.25) is 0 Å². The van der Waals surface area contributed by atoms with Gasteiger partial charge in [-0.2, -0.15) is 0 Å². The largest absolute Gasteiger partial charge is 0.376 e. The van der Waals surface area contributed by atoms with Crippen molar-refractivity contribution in [2.45, 2.75) is 45.3 Å². The Hall–Kier alpha value is -1.36. The topological polar surface area (TPSA) is 59.1 Å². The molecule has 0 amide bonds.